The summed E-state index contributed by atoms with van der Waals surface area (Å²) in [6.07, 6.45) is 3.87. The van der Waals surface area contributed by atoms with Crippen LogP contribution in [0.15, 0.2) is 36.7 Å². The van der Waals surface area contributed by atoms with Crippen LogP contribution in [0.5, 0.6) is 0 Å². The van der Waals surface area contributed by atoms with Gasteiger partial charge in [-0.25, -0.2) is 0 Å². The van der Waals surface area contributed by atoms with E-state index < -0.39 is 0 Å². The van der Waals surface area contributed by atoms with E-state index in [1.807, 2.05) is 55.2 Å². The fourth-order valence-electron chi connectivity index (χ4n) is 2.87. The highest BCUT2D eigenvalue weighted by molar-refractivity contribution is 6.05. The Hall–Kier alpha value is -2.56. The van der Waals surface area contributed by atoms with Crippen LogP contribution in [0.1, 0.15) is 55.4 Å². The molecular formula is C19H24N4O. The minimum Gasteiger partial charge on any atom is -0.361 e. The summed E-state index contributed by atoms with van der Waals surface area (Å²) in [4.78, 5) is 15.8. The maximum Gasteiger partial charge on any atom is 0.253 e. The number of aryl methyl sites for hydroxylation is 1. The molecule has 1 aromatic carbocycles. The van der Waals surface area contributed by atoms with Crippen LogP contribution >= 0.6 is 0 Å². The Morgan fingerprint density at radius 1 is 1.29 bits per heavy atom. The Morgan fingerprint density at radius 3 is 2.71 bits per heavy atom. The van der Waals surface area contributed by atoms with Gasteiger partial charge in [0.1, 0.15) is 0 Å². The molecule has 2 heterocycles. The number of para-hydroxylation sites is 1. The van der Waals surface area contributed by atoms with E-state index in [2.05, 4.69) is 36.2 Å². The van der Waals surface area contributed by atoms with Gasteiger partial charge >= 0.3 is 0 Å². The van der Waals surface area contributed by atoms with Gasteiger partial charge in [-0.1, -0.05) is 12.1 Å². The second-order valence-corrected chi connectivity index (χ2v) is 7.23. The minimum atomic E-state index is -0.112. The molecule has 0 aliphatic carbocycles. The van der Waals surface area contributed by atoms with Gasteiger partial charge in [0.2, 0.25) is 0 Å². The van der Waals surface area contributed by atoms with E-state index >= 15 is 0 Å². The number of nitrogens with zero attached hydrogens (tertiary/aromatic N) is 2. The van der Waals surface area contributed by atoms with E-state index in [1.54, 1.807) is 0 Å². The quantitative estimate of drug-likeness (QED) is 0.767. The number of carbonyl (C=O) groups is 1. The SMILES string of the molecule is Cc1nn(C(C)(C)C)cc1[C@@H](C)NC(=O)c1cccc2cc[nH]c12. The van der Waals surface area contributed by atoms with Crippen LogP contribution in [-0.2, 0) is 5.54 Å². The summed E-state index contributed by atoms with van der Waals surface area (Å²) < 4.78 is 1.95. The number of rotatable bonds is 3. The largest absolute Gasteiger partial charge is 0.361 e. The number of aromatic nitrogens is 3. The average molecular weight is 324 g/mol. The summed E-state index contributed by atoms with van der Waals surface area (Å²) in [6, 6.07) is 7.58. The lowest BCUT2D eigenvalue weighted by Gasteiger charge is -2.19. The lowest BCUT2D eigenvalue weighted by molar-refractivity contribution is 0.0941. The van der Waals surface area contributed by atoms with E-state index in [4.69, 9.17) is 0 Å². The number of H-pyrrole nitrogens is 1. The lowest BCUT2D eigenvalue weighted by Crippen LogP contribution is -2.27. The van der Waals surface area contributed by atoms with Crippen molar-refractivity contribution >= 4 is 16.8 Å². The fraction of sp³-hybridized carbons (Fsp3) is 0.368. The van der Waals surface area contributed by atoms with Gasteiger partial charge in [-0.3, -0.25) is 9.48 Å². The van der Waals surface area contributed by atoms with Crippen molar-refractivity contribution in [1.82, 2.24) is 20.1 Å². The highest BCUT2D eigenvalue weighted by Crippen LogP contribution is 2.22. The minimum absolute atomic E-state index is 0.0808. The molecule has 2 N–H and O–H groups in total. The number of aromatic amines is 1. The molecule has 0 fully saturated rings. The third-order valence-corrected chi connectivity index (χ3v) is 4.27. The number of hydrogen-bond donors (Lipinski definition) is 2. The Balaban J connectivity index is 1.85. The maximum absolute atomic E-state index is 12.7. The van der Waals surface area contributed by atoms with Crippen molar-refractivity contribution < 1.29 is 4.79 Å². The Kier molecular flexibility index (Phi) is 3.95. The zero-order valence-electron chi connectivity index (χ0n) is 14.8. The molecule has 1 amide bonds. The van der Waals surface area contributed by atoms with Gasteiger partial charge in [-0.15, -0.1) is 0 Å². The number of benzene rings is 1. The molecule has 3 aromatic rings. The second-order valence-electron chi connectivity index (χ2n) is 7.23. The number of nitrogens with one attached hydrogen (secondary N) is 2. The predicted molar refractivity (Wildman–Crippen MR) is 96.1 cm³/mol. The molecule has 5 heteroatoms. The van der Waals surface area contributed by atoms with Gasteiger partial charge in [0.15, 0.2) is 0 Å². The first-order valence-corrected chi connectivity index (χ1v) is 8.21. The summed E-state index contributed by atoms with van der Waals surface area (Å²) in [5.74, 6) is -0.0848. The zero-order chi connectivity index (χ0) is 17.5. The number of carbonyl (C=O) groups excluding carboxylic acids is 1. The highest BCUT2D eigenvalue weighted by Gasteiger charge is 2.21. The molecule has 5 nitrogen and oxygen atoms in total. The monoisotopic (exact) mass is 324 g/mol. The Morgan fingerprint density at radius 2 is 2.04 bits per heavy atom. The van der Waals surface area contributed by atoms with Crippen LogP contribution in [0.3, 0.4) is 0 Å². The standard InChI is InChI=1S/C19H24N4O/c1-12(16-11-23(19(3,4)5)22-13(16)2)21-18(24)15-8-6-7-14-9-10-20-17(14)15/h6-12,20H,1-5H3,(H,21,24)/t12-/m1/s1. The third kappa shape index (κ3) is 2.94. The van der Waals surface area contributed by atoms with Crippen molar-refractivity contribution in [3.05, 3.63) is 53.5 Å². The normalized spacial score (nSPS) is 13.2. The first-order valence-electron chi connectivity index (χ1n) is 8.21. The van der Waals surface area contributed by atoms with Crippen molar-refractivity contribution in [3.8, 4) is 0 Å². The number of amides is 1. The molecular weight excluding hydrogens is 300 g/mol. The first kappa shape index (κ1) is 16.3. The lowest BCUT2D eigenvalue weighted by atomic mass is 10.1. The van der Waals surface area contributed by atoms with E-state index in [9.17, 15) is 4.79 Å². The van der Waals surface area contributed by atoms with Crippen LogP contribution in [-0.4, -0.2) is 20.7 Å². The molecule has 0 spiro atoms. The van der Waals surface area contributed by atoms with E-state index in [-0.39, 0.29) is 17.5 Å². The summed E-state index contributed by atoms with van der Waals surface area (Å²) in [7, 11) is 0. The van der Waals surface area contributed by atoms with Crippen molar-refractivity contribution in [2.24, 2.45) is 0 Å². The van der Waals surface area contributed by atoms with Crippen LogP contribution in [0.25, 0.3) is 10.9 Å². The predicted octanol–water partition coefficient (Wildman–Crippen LogP) is 3.92. The van der Waals surface area contributed by atoms with E-state index in [0.717, 1.165) is 22.2 Å². The topological polar surface area (TPSA) is 62.7 Å². The molecule has 24 heavy (non-hydrogen) atoms. The molecule has 0 bridgehead atoms. The van der Waals surface area contributed by atoms with Gasteiger partial charge in [-0.2, -0.15) is 5.10 Å². The molecule has 0 aliphatic rings. The summed E-state index contributed by atoms with van der Waals surface area (Å²) in [5, 5.41) is 8.71. The first-order chi connectivity index (χ1) is 11.3. The van der Waals surface area contributed by atoms with Gasteiger partial charge in [0, 0.05) is 23.3 Å². The summed E-state index contributed by atoms with van der Waals surface area (Å²) in [6.45, 7) is 10.3. The molecule has 1 atom stereocenters. The molecule has 0 unspecified atom stereocenters. The molecule has 0 radical (unpaired) electrons. The van der Waals surface area contributed by atoms with Crippen LogP contribution in [0.4, 0.5) is 0 Å². The summed E-state index contributed by atoms with van der Waals surface area (Å²) in [5.41, 5.74) is 3.42. The van der Waals surface area contributed by atoms with E-state index in [1.165, 1.54) is 0 Å². The van der Waals surface area contributed by atoms with Crippen LogP contribution in [0, 0.1) is 6.92 Å². The van der Waals surface area contributed by atoms with Crippen LogP contribution in [0.2, 0.25) is 0 Å². The van der Waals surface area contributed by atoms with E-state index in [0.29, 0.717) is 5.56 Å². The highest BCUT2D eigenvalue weighted by atomic mass is 16.1. The Labute approximate surface area is 142 Å². The van der Waals surface area contributed by atoms with Gasteiger partial charge in [0.25, 0.3) is 5.91 Å². The van der Waals surface area contributed by atoms with Crippen molar-refractivity contribution in [3.63, 3.8) is 0 Å². The van der Waals surface area contributed by atoms with Gasteiger partial charge in [-0.05, 0) is 46.8 Å². The summed E-state index contributed by atoms with van der Waals surface area (Å²) >= 11 is 0. The molecule has 3 rings (SSSR count). The molecule has 0 saturated heterocycles. The van der Waals surface area contributed by atoms with Crippen molar-refractivity contribution in [2.75, 3.05) is 0 Å². The second kappa shape index (κ2) is 5.82. The fourth-order valence-corrected chi connectivity index (χ4v) is 2.87. The Bertz CT molecular complexity index is 882. The average Bonchev–Trinajstić information content (AvgIpc) is 3.12. The smallest absolute Gasteiger partial charge is 0.253 e. The molecule has 126 valence electrons. The number of hydrogen-bond acceptors (Lipinski definition) is 2. The third-order valence-electron chi connectivity index (χ3n) is 4.27. The van der Waals surface area contributed by atoms with Crippen molar-refractivity contribution in [1.29, 1.82) is 0 Å². The van der Waals surface area contributed by atoms with Gasteiger partial charge < -0.3 is 10.3 Å². The van der Waals surface area contributed by atoms with Crippen LogP contribution < -0.4 is 5.32 Å². The van der Waals surface area contributed by atoms with Crippen molar-refractivity contribution in [2.45, 2.75) is 46.2 Å². The van der Waals surface area contributed by atoms with Gasteiger partial charge in [0.05, 0.1) is 28.4 Å². The molecule has 2 aromatic heterocycles. The zero-order valence-corrected chi connectivity index (χ0v) is 14.8. The number of fused-ring (bicyclic) bond motifs is 1. The molecule has 0 aliphatic heterocycles. The molecule has 0 saturated carbocycles. The maximum atomic E-state index is 12.7.